The Kier molecular flexibility index (Phi) is 5.39. The number of amides is 1. The number of hydrogen-bond donors (Lipinski definition) is 0. The van der Waals surface area contributed by atoms with Gasteiger partial charge < -0.3 is 9.64 Å². The summed E-state index contributed by atoms with van der Waals surface area (Å²) in [6.07, 6.45) is 0.00403. The molecule has 2 heterocycles. The lowest BCUT2D eigenvalue weighted by Crippen LogP contribution is -2.47. The van der Waals surface area contributed by atoms with E-state index in [1.54, 1.807) is 18.1 Å². The molecule has 0 bridgehead atoms. The van der Waals surface area contributed by atoms with Gasteiger partial charge in [-0.2, -0.15) is 5.26 Å². The molecule has 0 radical (unpaired) electrons. The summed E-state index contributed by atoms with van der Waals surface area (Å²) in [6.45, 7) is 0.330. The van der Waals surface area contributed by atoms with Crippen LogP contribution in [0.15, 0.2) is 53.1 Å². The molecule has 1 fully saturated rings. The molecule has 2 aromatic rings. The molecule has 0 saturated carbocycles. The Balaban J connectivity index is 1.67. The number of allylic oxidation sites excluding steroid dienone is 1. The van der Waals surface area contributed by atoms with Crippen molar-refractivity contribution in [2.75, 3.05) is 24.6 Å². The zero-order chi connectivity index (χ0) is 20.5. The maximum atomic E-state index is 14.5. The van der Waals surface area contributed by atoms with Crippen LogP contribution in [0.2, 0.25) is 5.02 Å². The summed E-state index contributed by atoms with van der Waals surface area (Å²) in [6, 6.07) is 14.2. The second-order valence-corrected chi connectivity index (χ2v) is 8.04. The molecular formula is C21H17ClFN3O2S. The number of nitriles is 1. The first-order valence-corrected chi connectivity index (χ1v) is 10.3. The number of anilines is 1. The standard InChI is InChI=1S/C21H17ClFN3O2S/c1-28-14-7-5-13(6-8-14)25-11-26-19(27)9-15(16(10-24)21(26)29-12-25)20-17(22)3-2-4-18(20)23/h2-8,15H,9,11-12H2,1H3/t15-/m0/s1. The van der Waals surface area contributed by atoms with Crippen molar-refractivity contribution in [1.29, 1.82) is 5.26 Å². The lowest BCUT2D eigenvalue weighted by Gasteiger charge is -2.42. The van der Waals surface area contributed by atoms with Gasteiger partial charge in [-0.05, 0) is 36.4 Å². The summed E-state index contributed by atoms with van der Waals surface area (Å²) < 4.78 is 19.7. The van der Waals surface area contributed by atoms with E-state index in [0.717, 1.165) is 11.4 Å². The Morgan fingerprint density at radius 1 is 1.28 bits per heavy atom. The molecule has 1 atom stereocenters. The van der Waals surface area contributed by atoms with Crippen LogP contribution in [0.4, 0.5) is 10.1 Å². The van der Waals surface area contributed by atoms with E-state index in [2.05, 4.69) is 6.07 Å². The molecule has 0 N–H and O–H groups in total. The van der Waals surface area contributed by atoms with E-state index in [-0.39, 0.29) is 22.9 Å². The second-order valence-electron chi connectivity index (χ2n) is 6.70. The molecule has 0 spiro atoms. The third kappa shape index (κ3) is 3.54. The summed E-state index contributed by atoms with van der Waals surface area (Å²) in [7, 11) is 1.61. The number of benzene rings is 2. The third-order valence-electron chi connectivity index (χ3n) is 5.08. The molecule has 2 aliphatic rings. The van der Waals surface area contributed by atoms with Crippen molar-refractivity contribution in [3.05, 3.63) is 69.5 Å². The lowest BCUT2D eigenvalue weighted by molar-refractivity contribution is -0.129. The van der Waals surface area contributed by atoms with E-state index in [4.69, 9.17) is 16.3 Å². The Bertz CT molecular complexity index is 1010. The minimum Gasteiger partial charge on any atom is -0.497 e. The van der Waals surface area contributed by atoms with Crippen molar-refractivity contribution in [2.45, 2.75) is 12.3 Å². The van der Waals surface area contributed by atoms with Crippen molar-refractivity contribution < 1.29 is 13.9 Å². The number of thioether (sulfide) groups is 1. The number of rotatable bonds is 3. The van der Waals surface area contributed by atoms with Crippen molar-refractivity contribution in [3.63, 3.8) is 0 Å². The van der Waals surface area contributed by atoms with Gasteiger partial charge in [-0.25, -0.2) is 4.39 Å². The van der Waals surface area contributed by atoms with Crippen molar-refractivity contribution in [1.82, 2.24) is 4.90 Å². The minimum absolute atomic E-state index is 0.00403. The number of carbonyl (C=O) groups is 1. The van der Waals surface area contributed by atoms with Gasteiger partial charge in [0.25, 0.3) is 0 Å². The largest absolute Gasteiger partial charge is 0.497 e. The molecule has 148 valence electrons. The molecule has 1 amide bonds. The normalized spacial score (nSPS) is 19.1. The van der Waals surface area contributed by atoms with Crippen LogP contribution in [0.3, 0.4) is 0 Å². The predicted molar refractivity (Wildman–Crippen MR) is 111 cm³/mol. The molecule has 1 saturated heterocycles. The van der Waals surface area contributed by atoms with E-state index in [1.165, 1.54) is 23.9 Å². The topological polar surface area (TPSA) is 56.6 Å². The first-order valence-electron chi connectivity index (χ1n) is 8.93. The predicted octanol–water partition coefficient (Wildman–Crippen LogP) is 4.71. The highest BCUT2D eigenvalue weighted by molar-refractivity contribution is 8.03. The highest BCUT2D eigenvalue weighted by atomic mass is 35.5. The fraction of sp³-hybridized carbons (Fsp3) is 0.238. The van der Waals surface area contributed by atoms with Crippen LogP contribution in [0, 0.1) is 17.1 Å². The maximum Gasteiger partial charge on any atom is 0.229 e. The maximum absolute atomic E-state index is 14.5. The molecule has 0 aromatic heterocycles. The number of halogens is 2. The summed E-state index contributed by atoms with van der Waals surface area (Å²) in [5.41, 5.74) is 1.54. The van der Waals surface area contributed by atoms with Crippen LogP contribution in [-0.4, -0.2) is 30.5 Å². The van der Waals surface area contributed by atoms with Crippen LogP contribution >= 0.6 is 23.4 Å². The molecule has 8 heteroatoms. The van der Waals surface area contributed by atoms with Crippen molar-refractivity contribution >= 4 is 35.0 Å². The molecule has 2 aromatic carbocycles. The van der Waals surface area contributed by atoms with Gasteiger partial charge in [-0.15, -0.1) is 0 Å². The Morgan fingerprint density at radius 2 is 2.03 bits per heavy atom. The first-order chi connectivity index (χ1) is 14.0. The molecule has 5 nitrogen and oxygen atoms in total. The van der Waals surface area contributed by atoms with Gasteiger partial charge in [0.05, 0.1) is 36.3 Å². The summed E-state index contributed by atoms with van der Waals surface area (Å²) in [5, 5.41) is 10.6. The molecule has 2 aliphatic heterocycles. The molecule has 29 heavy (non-hydrogen) atoms. The molecular weight excluding hydrogens is 413 g/mol. The van der Waals surface area contributed by atoms with Gasteiger partial charge in [0.1, 0.15) is 11.6 Å². The zero-order valence-corrected chi connectivity index (χ0v) is 17.1. The van der Waals surface area contributed by atoms with Crippen LogP contribution < -0.4 is 9.64 Å². The number of carbonyl (C=O) groups excluding carboxylic acids is 1. The zero-order valence-electron chi connectivity index (χ0n) is 15.6. The third-order valence-corrected chi connectivity index (χ3v) is 6.56. The smallest absolute Gasteiger partial charge is 0.229 e. The minimum atomic E-state index is -0.674. The number of hydrogen-bond acceptors (Lipinski definition) is 5. The average molecular weight is 430 g/mol. The fourth-order valence-electron chi connectivity index (χ4n) is 3.61. The summed E-state index contributed by atoms with van der Waals surface area (Å²) in [4.78, 5) is 16.6. The molecule has 4 rings (SSSR count). The van der Waals surface area contributed by atoms with Gasteiger partial charge in [-0.3, -0.25) is 9.69 Å². The summed E-state index contributed by atoms with van der Waals surface area (Å²) >= 11 is 7.61. The van der Waals surface area contributed by atoms with Crippen LogP contribution in [0.1, 0.15) is 17.9 Å². The van der Waals surface area contributed by atoms with Crippen molar-refractivity contribution in [2.24, 2.45) is 0 Å². The van der Waals surface area contributed by atoms with E-state index < -0.39 is 11.7 Å². The lowest BCUT2D eigenvalue weighted by atomic mass is 9.86. The molecule has 0 aliphatic carbocycles. The van der Waals surface area contributed by atoms with Crippen molar-refractivity contribution in [3.8, 4) is 11.8 Å². The first kappa shape index (κ1) is 19.6. The SMILES string of the molecule is COc1ccc(N2CSC3=C(C#N)[C@@H](c4c(F)cccc4Cl)CC(=O)N3C2)cc1. The average Bonchev–Trinajstić information content (AvgIpc) is 2.74. The second kappa shape index (κ2) is 7.97. The monoisotopic (exact) mass is 429 g/mol. The number of methoxy groups -OCH3 is 1. The van der Waals surface area contributed by atoms with E-state index in [1.807, 2.05) is 29.2 Å². The number of ether oxygens (including phenoxy) is 1. The van der Waals surface area contributed by atoms with Gasteiger partial charge in [0.15, 0.2) is 0 Å². The number of fused-ring (bicyclic) bond motifs is 1. The molecule has 0 unspecified atom stereocenters. The van der Waals surface area contributed by atoms with Gasteiger partial charge in [-0.1, -0.05) is 29.4 Å². The Labute approximate surface area is 177 Å². The fourth-order valence-corrected chi connectivity index (χ4v) is 5.07. The van der Waals surface area contributed by atoms with Gasteiger partial charge in [0, 0.05) is 28.6 Å². The summed E-state index contributed by atoms with van der Waals surface area (Å²) in [5.74, 6) is -0.0161. The van der Waals surface area contributed by atoms with E-state index >= 15 is 0 Å². The highest BCUT2D eigenvalue weighted by Crippen LogP contribution is 2.45. The van der Waals surface area contributed by atoms with Gasteiger partial charge in [0.2, 0.25) is 5.91 Å². The van der Waals surface area contributed by atoms with E-state index in [9.17, 15) is 14.4 Å². The van der Waals surface area contributed by atoms with Crippen LogP contribution in [0.5, 0.6) is 5.75 Å². The van der Waals surface area contributed by atoms with Gasteiger partial charge >= 0.3 is 0 Å². The Morgan fingerprint density at radius 3 is 2.69 bits per heavy atom. The highest BCUT2D eigenvalue weighted by Gasteiger charge is 2.39. The van der Waals surface area contributed by atoms with E-state index in [0.29, 0.717) is 23.1 Å². The van der Waals surface area contributed by atoms with Crippen LogP contribution in [0.25, 0.3) is 0 Å². The number of nitrogens with zero attached hydrogens (tertiary/aromatic N) is 3. The quantitative estimate of drug-likeness (QED) is 0.707. The Hall–Kier alpha value is -2.69. The van der Waals surface area contributed by atoms with Crippen LogP contribution in [-0.2, 0) is 4.79 Å².